The fourth-order valence-corrected chi connectivity index (χ4v) is 6.31. The Hall–Kier alpha value is -3.36. The Morgan fingerprint density at radius 2 is 1.74 bits per heavy atom. The van der Waals surface area contributed by atoms with Crippen molar-refractivity contribution in [2.75, 3.05) is 51.3 Å². The molecule has 1 amide bonds. The van der Waals surface area contributed by atoms with Crippen LogP contribution in [0.4, 0.5) is 5.69 Å². The molecule has 3 heterocycles. The molecule has 0 radical (unpaired) electrons. The van der Waals surface area contributed by atoms with E-state index in [2.05, 4.69) is 83.7 Å². The van der Waals surface area contributed by atoms with E-state index < -0.39 is 0 Å². The summed E-state index contributed by atoms with van der Waals surface area (Å²) in [5.74, 6) is 2.21. The van der Waals surface area contributed by atoms with Gasteiger partial charge in [0.15, 0.2) is 0 Å². The third kappa shape index (κ3) is 5.54. The number of likely N-dealkylation sites (tertiary alicyclic amines) is 1. The van der Waals surface area contributed by atoms with E-state index in [4.69, 9.17) is 9.72 Å². The number of anilines is 1. The predicted molar refractivity (Wildman–Crippen MR) is 159 cm³/mol. The second-order valence-corrected chi connectivity index (χ2v) is 11.3. The number of rotatable bonds is 6. The number of hydrogen-bond acceptors (Lipinski definition) is 5. The van der Waals surface area contributed by atoms with Gasteiger partial charge in [-0.15, -0.1) is 0 Å². The van der Waals surface area contributed by atoms with Gasteiger partial charge in [0.2, 0.25) is 5.91 Å². The number of nitrogens with zero attached hydrogens (tertiary/aromatic N) is 5. The number of fused-ring (bicyclic) bond motifs is 1. The molecule has 2 aliphatic heterocycles. The topological polar surface area (TPSA) is 53.8 Å². The molecule has 0 unspecified atom stereocenters. The average molecular weight is 589 g/mol. The second kappa shape index (κ2) is 11.4. The average Bonchev–Trinajstić information content (AvgIpc) is 3.35. The number of para-hydroxylation sites is 2. The highest BCUT2D eigenvalue weighted by atomic mass is 79.9. The van der Waals surface area contributed by atoms with Crippen molar-refractivity contribution < 1.29 is 9.53 Å². The van der Waals surface area contributed by atoms with Crippen molar-refractivity contribution in [2.45, 2.75) is 19.4 Å². The van der Waals surface area contributed by atoms with Crippen molar-refractivity contribution in [3.8, 4) is 11.4 Å². The third-order valence-electron chi connectivity index (χ3n) is 7.95. The highest BCUT2D eigenvalue weighted by Gasteiger charge is 2.32. The maximum absolute atomic E-state index is 13.6. The summed E-state index contributed by atoms with van der Waals surface area (Å²) in [7, 11) is 1.68. The zero-order chi connectivity index (χ0) is 26.8. The lowest BCUT2D eigenvalue weighted by molar-refractivity contribution is -0.137. The lowest BCUT2D eigenvalue weighted by Crippen LogP contribution is -2.52. The molecular weight excluding hydrogens is 554 g/mol. The van der Waals surface area contributed by atoms with Crippen LogP contribution in [-0.4, -0.2) is 71.6 Å². The van der Waals surface area contributed by atoms with Crippen molar-refractivity contribution in [1.29, 1.82) is 0 Å². The van der Waals surface area contributed by atoms with E-state index in [1.54, 1.807) is 7.11 Å². The number of piperazine rings is 1. The summed E-state index contributed by atoms with van der Waals surface area (Å²) < 4.78 is 8.58. The number of benzene rings is 3. The number of carbonyl (C=O) groups excluding carboxylic acids is 1. The summed E-state index contributed by atoms with van der Waals surface area (Å²) in [5, 5.41) is 0. The molecule has 2 saturated heterocycles. The summed E-state index contributed by atoms with van der Waals surface area (Å²) in [4.78, 5) is 25.4. The van der Waals surface area contributed by atoms with Crippen LogP contribution in [0.5, 0.6) is 5.75 Å². The lowest BCUT2D eigenvalue weighted by Gasteiger charge is -2.39. The Kier molecular flexibility index (Phi) is 7.57. The molecule has 6 rings (SSSR count). The number of piperidine rings is 1. The molecule has 8 heteroatoms. The van der Waals surface area contributed by atoms with Crippen LogP contribution in [0.2, 0.25) is 0 Å². The highest BCUT2D eigenvalue weighted by Crippen LogP contribution is 2.27. The highest BCUT2D eigenvalue weighted by molar-refractivity contribution is 9.10. The zero-order valence-electron chi connectivity index (χ0n) is 22.3. The van der Waals surface area contributed by atoms with Gasteiger partial charge < -0.3 is 14.5 Å². The standard InChI is InChI=1S/C31H34BrN5O2/c1-39-27-13-11-25(12-14-27)35-16-18-36(19-17-35)31(38)23-6-5-15-34(21-23)22-30-33-28-9-2-3-10-29(28)37(30)26-8-4-7-24(32)20-26/h2-4,7-14,20,23H,5-6,15-19,21-22H2,1H3/t23-/m0/s1. The zero-order valence-corrected chi connectivity index (χ0v) is 23.9. The summed E-state index contributed by atoms with van der Waals surface area (Å²) in [6, 6.07) is 24.8. The molecule has 4 aromatic rings. The maximum atomic E-state index is 13.6. The minimum absolute atomic E-state index is 0.0370. The summed E-state index contributed by atoms with van der Waals surface area (Å²) in [6.07, 6.45) is 1.98. The summed E-state index contributed by atoms with van der Waals surface area (Å²) >= 11 is 3.62. The Bertz CT molecular complexity index is 1450. The molecule has 3 aromatic carbocycles. The molecule has 0 bridgehead atoms. The van der Waals surface area contributed by atoms with Crippen LogP contribution in [0.25, 0.3) is 16.7 Å². The smallest absolute Gasteiger partial charge is 0.227 e. The number of imidazole rings is 1. The van der Waals surface area contributed by atoms with Crippen LogP contribution in [0.1, 0.15) is 18.7 Å². The SMILES string of the molecule is COc1ccc(N2CCN(C(=O)[C@H]3CCCN(Cc4nc5ccccc5n4-c4cccc(Br)c4)C3)CC2)cc1. The van der Waals surface area contributed by atoms with Gasteiger partial charge in [0.1, 0.15) is 11.6 Å². The molecule has 0 spiro atoms. The van der Waals surface area contributed by atoms with Gasteiger partial charge in [-0.05, 0) is 74.0 Å². The summed E-state index contributed by atoms with van der Waals surface area (Å²) in [5.41, 5.74) is 4.37. The molecule has 0 N–H and O–H groups in total. The minimum Gasteiger partial charge on any atom is -0.497 e. The van der Waals surface area contributed by atoms with Crippen molar-refractivity contribution >= 4 is 38.6 Å². The molecule has 0 saturated carbocycles. The predicted octanol–water partition coefficient (Wildman–Crippen LogP) is 5.36. The van der Waals surface area contributed by atoms with Crippen LogP contribution < -0.4 is 9.64 Å². The lowest BCUT2D eigenvalue weighted by atomic mass is 9.96. The van der Waals surface area contributed by atoms with E-state index in [-0.39, 0.29) is 5.92 Å². The van der Waals surface area contributed by atoms with Gasteiger partial charge in [-0.2, -0.15) is 0 Å². The molecule has 1 atom stereocenters. The molecule has 1 aromatic heterocycles. The normalized spacial score (nSPS) is 18.5. The Morgan fingerprint density at radius 1 is 0.949 bits per heavy atom. The fourth-order valence-electron chi connectivity index (χ4n) is 5.92. The van der Waals surface area contributed by atoms with E-state index in [9.17, 15) is 4.79 Å². The second-order valence-electron chi connectivity index (χ2n) is 10.4. The van der Waals surface area contributed by atoms with Crippen LogP contribution >= 0.6 is 15.9 Å². The number of ether oxygens (including phenoxy) is 1. The van der Waals surface area contributed by atoms with E-state index in [0.29, 0.717) is 5.91 Å². The first-order valence-electron chi connectivity index (χ1n) is 13.7. The van der Waals surface area contributed by atoms with Crippen molar-refractivity contribution in [1.82, 2.24) is 19.4 Å². The van der Waals surface area contributed by atoms with Crippen molar-refractivity contribution in [3.05, 3.63) is 83.1 Å². The number of aromatic nitrogens is 2. The Balaban J connectivity index is 1.13. The third-order valence-corrected chi connectivity index (χ3v) is 8.44. The van der Waals surface area contributed by atoms with E-state index in [1.165, 1.54) is 5.69 Å². The van der Waals surface area contributed by atoms with E-state index >= 15 is 0 Å². The molecule has 39 heavy (non-hydrogen) atoms. The summed E-state index contributed by atoms with van der Waals surface area (Å²) in [6.45, 7) is 5.71. The number of halogens is 1. The van der Waals surface area contributed by atoms with Crippen LogP contribution in [0.15, 0.2) is 77.3 Å². The molecular formula is C31H34BrN5O2. The maximum Gasteiger partial charge on any atom is 0.227 e. The number of methoxy groups -OCH3 is 1. The van der Waals surface area contributed by atoms with Crippen LogP contribution in [0.3, 0.4) is 0 Å². The van der Waals surface area contributed by atoms with Crippen molar-refractivity contribution in [3.63, 3.8) is 0 Å². The molecule has 0 aliphatic carbocycles. The first-order chi connectivity index (χ1) is 19.1. The Morgan fingerprint density at radius 3 is 2.51 bits per heavy atom. The van der Waals surface area contributed by atoms with E-state index in [1.807, 2.05) is 24.3 Å². The van der Waals surface area contributed by atoms with Crippen LogP contribution in [-0.2, 0) is 11.3 Å². The Labute approximate surface area is 238 Å². The van der Waals surface area contributed by atoms with Crippen molar-refractivity contribution in [2.24, 2.45) is 5.92 Å². The van der Waals surface area contributed by atoms with Gasteiger partial charge in [0, 0.05) is 48.6 Å². The largest absolute Gasteiger partial charge is 0.497 e. The van der Waals surface area contributed by atoms with Gasteiger partial charge >= 0.3 is 0 Å². The van der Waals surface area contributed by atoms with Gasteiger partial charge in [0.05, 0.1) is 30.6 Å². The first-order valence-corrected chi connectivity index (χ1v) is 14.5. The monoisotopic (exact) mass is 587 g/mol. The van der Waals surface area contributed by atoms with Gasteiger partial charge in [-0.3, -0.25) is 14.3 Å². The van der Waals surface area contributed by atoms with Gasteiger partial charge in [0.25, 0.3) is 0 Å². The quantitative estimate of drug-likeness (QED) is 0.304. The molecule has 7 nitrogen and oxygen atoms in total. The first kappa shape index (κ1) is 25.9. The van der Waals surface area contributed by atoms with Crippen LogP contribution in [0, 0.1) is 5.92 Å². The number of hydrogen-bond donors (Lipinski definition) is 0. The van der Waals surface area contributed by atoms with Gasteiger partial charge in [-0.25, -0.2) is 4.98 Å². The number of carbonyl (C=O) groups is 1. The number of amides is 1. The minimum atomic E-state index is 0.0370. The molecule has 2 aliphatic rings. The van der Waals surface area contributed by atoms with Gasteiger partial charge in [-0.1, -0.05) is 34.1 Å². The molecule has 2 fully saturated rings. The fraction of sp³-hybridized carbons (Fsp3) is 0.355. The molecule has 202 valence electrons. The van der Waals surface area contributed by atoms with E-state index in [0.717, 1.165) is 91.4 Å².